The van der Waals surface area contributed by atoms with Gasteiger partial charge in [0.2, 0.25) is 12.7 Å². The van der Waals surface area contributed by atoms with Gasteiger partial charge >= 0.3 is 6.18 Å². The lowest BCUT2D eigenvalue weighted by molar-refractivity contribution is -0.385. The van der Waals surface area contributed by atoms with Crippen molar-refractivity contribution in [2.75, 3.05) is 30.1 Å². The molecule has 0 aliphatic carbocycles. The highest BCUT2D eigenvalue weighted by molar-refractivity contribution is 6.04. The van der Waals surface area contributed by atoms with Gasteiger partial charge in [-0.15, -0.1) is 0 Å². The standard InChI is InChI=1S/C22H20F3N3O5/c23-22(24,25)15-5-6-17(27-8-2-1-3-9-27)16(11-15)26-21(29)7-4-14-10-19-20(33-13-32-19)12-18(14)28(30)31/h4-7,10-12H,1-3,8-9,13H2,(H,26,29). The van der Waals surface area contributed by atoms with Crippen molar-refractivity contribution in [1.82, 2.24) is 0 Å². The summed E-state index contributed by atoms with van der Waals surface area (Å²) in [6.45, 7) is 1.27. The zero-order chi connectivity index (χ0) is 23.6. The molecule has 0 radical (unpaired) electrons. The Morgan fingerprint density at radius 3 is 2.45 bits per heavy atom. The third-order valence-electron chi connectivity index (χ3n) is 5.41. The molecule has 174 valence electrons. The number of halogens is 3. The van der Waals surface area contributed by atoms with Crippen LogP contribution in [-0.4, -0.2) is 30.7 Å². The summed E-state index contributed by atoms with van der Waals surface area (Å²) in [5, 5.41) is 13.9. The quantitative estimate of drug-likeness (QED) is 0.382. The molecular formula is C22H20F3N3O5. The van der Waals surface area contributed by atoms with Crippen LogP contribution >= 0.6 is 0 Å². The van der Waals surface area contributed by atoms with Crippen LogP contribution in [0.5, 0.6) is 11.5 Å². The maximum Gasteiger partial charge on any atom is 0.416 e. The van der Waals surface area contributed by atoms with E-state index in [2.05, 4.69) is 5.32 Å². The van der Waals surface area contributed by atoms with Crippen LogP contribution < -0.4 is 19.7 Å². The number of nitrogens with zero attached hydrogens (tertiary/aromatic N) is 2. The highest BCUT2D eigenvalue weighted by Crippen LogP contribution is 2.39. The van der Waals surface area contributed by atoms with Crippen LogP contribution in [0.2, 0.25) is 0 Å². The minimum atomic E-state index is -4.57. The minimum Gasteiger partial charge on any atom is -0.454 e. The molecule has 2 aromatic carbocycles. The van der Waals surface area contributed by atoms with Crippen molar-refractivity contribution in [1.29, 1.82) is 0 Å². The summed E-state index contributed by atoms with van der Waals surface area (Å²) < 4.78 is 50.1. The molecule has 4 rings (SSSR count). The zero-order valence-electron chi connectivity index (χ0n) is 17.4. The average Bonchev–Trinajstić information content (AvgIpc) is 3.24. The van der Waals surface area contributed by atoms with E-state index in [1.165, 1.54) is 24.3 Å². The Labute approximate surface area is 186 Å². The maximum absolute atomic E-state index is 13.3. The van der Waals surface area contributed by atoms with E-state index in [9.17, 15) is 28.1 Å². The van der Waals surface area contributed by atoms with Gasteiger partial charge in [-0.05, 0) is 49.6 Å². The number of carbonyl (C=O) groups is 1. The lowest BCUT2D eigenvalue weighted by Crippen LogP contribution is -2.30. The topological polar surface area (TPSA) is 93.9 Å². The number of anilines is 2. The van der Waals surface area contributed by atoms with E-state index >= 15 is 0 Å². The predicted octanol–water partition coefficient (Wildman–Crippen LogP) is 4.98. The maximum atomic E-state index is 13.3. The van der Waals surface area contributed by atoms with Gasteiger partial charge in [0.15, 0.2) is 11.5 Å². The number of ether oxygens (including phenoxy) is 2. The Kier molecular flexibility index (Phi) is 6.12. The Hall–Kier alpha value is -3.76. The fourth-order valence-corrected chi connectivity index (χ4v) is 3.80. The molecule has 8 nitrogen and oxygen atoms in total. The van der Waals surface area contributed by atoms with Gasteiger partial charge in [-0.25, -0.2) is 0 Å². The molecule has 1 amide bonds. The molecule has 0 saturated carbocycles. The fraction of sp³-hybridized carbons (Fsp3) is 0.318. The van der Waals surface area contributed by atoms with Crippen LogP contribution in [0.25, 0.3) is 6.08 Å². The molecule has 1 fully saturated rings. The van der Waals surface area contributed by atoms with Crippen molar-refractivity contribution in [2.24, 2.45) is 0 Å². The van der Waals surface area contributed by atoms with Crippen molar-refractivity contribution in [3.05, 3.63) is 57.6 Å². The number of nitrogens with one attached hydrogen (secondary N) is 1. The van der Waals surface area contributed by atoms with Gasteiger partial charge in [-0.3, -0.25) is 14.9 Å². The van der Waals surface area contributed by atoms with Crippen LogP contribution in [0.15, 0.2) is 36.4 Å². The first-order valence-electron chi connectivity index (χ1n) is 10.3. The van der Waals surface area contributed by atoms with Gasteiger partial charge < -0.3 is 19.7 Å². The summed E-state index contributed by atoms with van der Waals surface area (Å²) in [6, 6.07) is 5.81. The van der Waals surface area contributed by atoms with Crippen molar-refractivity contribution in [3.63, 3.8) is 0 Å². The Balaban J connectivity index is 1.60. The summed E-state index contributed by atoms with van der Waals surface area (Å²) in [5.74, 6) is -0.205. The molecule has 0 aromatic heterocycles. The first-order chi connectivity index (χ1) is 15.7. The number of alkyl halides is 3. The summed E-state index contributed by atoms with van der Waals surface area (Å²) in [7, 11) is 0. The summed E-state index contributed by atoms with van der Waals surface area (Å²) >= 11 is 0. The monoisotopic (exact) mass is 463 g/mol. The number of benzene rings is 2. The van der Waals surface area contributed by atoms with Gasteiger partial charge in [0.05, 0.1) is 33.5 Å². The van der Waals surface area contributed by atoms with Crippen LogP contribution in [-0.2, 0) is 11.0 Å². The Bertz CT molecular complexity index is 1110. The van der Waals surface area contributed by atoms with E-state index in [1.807, 2.05) is 4.90 Å². The minimum absolute atomic E-state index is 0.0292. The molecule has 1 N–H and O–H groups in total. The lowest BCUT2D eigenvalue weighted by atomic mass is 10.1. The summed E-state index contributed by atoms with van der Waals surface area (Å²) in [4.78, 5) is 25.3. The molecule has 2 heterocycles. The molecular weight excluding hydrogens is 443 g/mol. The second-order valence-corrected chi connectivity index (χ2v) is 7.62. The van der Waals surface area contributed by atoms with Crippen LogP contribution in [0.3, 0.4) is 0 Å². The third kappa shape index (κ3) is 5.02. The smallest absolute Gasteiger partial charge is 0.416 e. The van der Waals surface area contributed by atoms with E-state index in [4.69, 9.17) is 9.47 Å². The summed E-state index contributed by atoms with van der Waals surface area (Å²) in [6.07, 6.45) is 0.525. The average molecular weight is 463 g/mol. The number of piperidine rings is 1. The number of nitro benzene ring substituents is 1. The van der Waals surface area contributed by atoms with E-state index in [0.717, 1.165) is 37.5 Å². The lowest BCUT2D eigenvalue weighted by Gasteiger charge is -2.31. The van der Waals surface area contributed by atoms with Gasteiger partial charge in [0.1, 0.15) is 0 Å². The number of fused-ring (bicyclic) bond motifs is 1. The highest BCUT2D eigenvalue weighted by atomic mass is 19.4. The molecule has 1 saturated heterocycles. The van der Waals surface area contributed by atoms with Crippen LogP contribution in [0.4, 0.5) is 30.2 Å². The molecule has 2 aliphatic rings. The number of hydrogen-bond donors (Lipinski definition) is 1. The number of nitro groups is 1. The predicted molar refractivity (Wildman–Crippen MR) is 114 cm³/mol. The van der Waals surface area contributed by atoms with Crippen molar-refractivity contribution < 1.29 is 32.4 Å². The second kappa shape index (κ2) is 9.00. The molecule has 2 aliphatic heterocycles. The van der Waals surface area contributed by atoms with Crippen molar-refractivity contribution in [2.45, 2.75) is 25.4 Å². The molecule has 0 atom stereocenters. The van der Waals surface area contributed by atoms with Gasteiger partial charge in [-0.1, -0.05) is 0 Å². The SMILES string of the molecule is O=C(C=Cc1cc2c(cc1[N+](=O)[O-])OCO2)Nc1cc(C(F)(F)F)ccc1N1CCCCC1. The highest BCUT2D eigenvalue weighted by Gasteiger charge is 2.32. The Morgan fingerprint density at radius 2 is 1.79 bits per heavy atom. The van der Waals surface area contributed by atoms with Crippen molar-refractivity contribution in [3.8, 4) is 11.5 Å². The summed E-state index contributed by atoms with van der Waals surface area (Å²) in [5.41, 5.74) is -0.551. The van der Waals surface area contributed by atoms with E-state index in [-0.39, 0.29) is 29.5 Å². The fourth-order valence-electron chi connectivity index (χ4n) is 3.80. The van der Waals surface area contributed by atoms with E-state index in [0.29, 0.717) is 24.5 Å². The number of hydrogen-bond acceptors (Lipinski definition) is 6. The van der Waals surface area contributed by atoms with Crippen LogP contribution in [0, 0.1) is 10.1 Å². The molecule has 0 spiro atoms. The number of rotatable bonds is 5. The van der Waals surface area contributed by atoms with E-state index in [1.54, 1.807) is 0 Å². The van der Waals surface area contributed by atoms with E-state index < -0.39 is 22.6 Å². The first kappa shape index (κ1) is 22.4. The van der Waals surface area contributed by atoms with Gasteiger partial charge in [-0.2, -0.15) is 13.2 Å². The largest absolute Gasteiger partial charge is 0.454 e. The van der Waals surface area contributed by atoms with Crippen LogP contribution in [0.1, 0.15) is 30.4 Å². The van der Waals surface area contributed by atoms with Gasteiger partial charge in [0.25, 0.3) is 5.69 Å². The second-order valence-electron chi connectivity index (χ2n) is 7.62. The zero-order valence-corrected chi connectivity index (χ0v) is 17.4. The molecule has 0 unspecified atom stereocenters. The number of amides is 1. The van der Waals surface area contributed by atoms with Gasteiger partial charge in [0, 0.05) is 19.2 Å². The molecule has 0 bridgehead atoms. The third-order valence-corrected chi connectivity index (χ3v) is 5.41. The first-order valence-corrected chi connectivity index (χ1v) is 10.3. The number of carbonyl (C=O) groups excluding carboxylic acids is 1. The normalized spacial score (nSPS) is 15.7. The van der Waals surface area contributed by atoms with Crippen molar-refractivity contribution >= 4 is 29.0 Å². The Morgan fingerprint density at radius 1 is 1.09 bits per heavy atom. The molecule has 11 heteroatoms. The molecule has 33 heavy (non-hydrogen) atoms. The molecule has 2 aromatic rings.